The molecule has 5 heteroatoms. The molecule has 1 amide bonds. The second kappa shape index (κ2) is 9.24. The van der Waals surface area contributed by atoms with Gasteiger partial charge in [-0.2, -0.15) is 5.10 Å². The van der Waals surface area contributed by atoms with E-state index in [1.807, 2.05) is 43.3 Å². The molecular weight excluding hydrogens is 364 g/mol. The van der Waals surface area contributed by atoms with Crippen molar-refractivity contribution < 1.29 is 4.79 Å². The molecule has 0 atom stereocenters. The summed E-state index contributed by atoms with van der Waals surface area (Å²) < 4.78 is 0. The van der Waals surface area contributed by atoms with Crippen molar-refractivity contribution >= 4 is 35.0 Å². The highest BCUT2D eigenvalue weighted by Gasteiger charge is 2.13. The van der Waals surface area contributed by atoms with Crippen molar-refractivity contribution in [3.63, 3.8) is 0 Å². The fourth-order valence-electron chi connectivity index (χ4n) is 2.30. The number of amides is 1. The van der Waals surface area contributed by atoms with Gasteiger partial charge in [-0.05, 0) is 41.2 Å². The summed E-state index contributed by atoms with van der Waals surface area (Å²) in [6, 6.07) is 16.0. The van der Waals surface area contributed by atoms with E-state index in [1.54, 1.807) is 11.8 Å². The second-order valence-corrected chi connectivity index (χ2v) is 8.60. The smallest absolute Gasteiger partial charge is 0.250 e. The van der Waals surface area contributed by atoms with Gasteiger partial charge < -0.3 is 0 Å². The topological polar surface area (TPSA) is 41.5 Å². The first kappa shape index (κ1) is 20.5. The molecule has 26 heavy (non-hydrogen) atoms. The molecule has 3 nitrogen and oxygen atoms in total. The normalized spacial score (nSPS) is 12.1. The molecule has 0 spiro atoms. The summed E-state index contributed by atoms with van der Waals surface area (Å²) in [5.74, 6) is 1.03. The van der Waals surface area contributed by atoms with Crippen molar-refractivity contribution in [1.29, 1.82) is 0 Å². The third kappa shape index (κ3) is 6.50. The highest BCUT2D eigenvalue weighted by atomic mass is 35.5. The van der Waals surface area contributed by atoms with Crippen molar-refractivity contribution in [3.8, 4) is 0 Å². The zero-order valence-corrected chi connectivity index (χ0v) is 17.2. The molecule has 0 saturated carbocycles. The number of carbonyl (C=O) groups excluding carboxylic acids is 1. The van der Waals surface area contributed by atoms with Gasteiger partial charge in [-0.3, -0.25) is 4.79 Å². The Balaban J connectivity index is 1.82. The van der Waals surface area contributed by atoms with Gasteiger partial charge in [0.1, 0.15) is 0 Å². The summed E-state index contributed by atoms with van der Waals surface area (Å²) in [6.45, 7) is 8.45. The number of hydrazone groups is 1. The van der Waals surface area contributed by atoms with Crippen LogP contribution < -0.4 is 5.43 Å². The van der Waals surface area contributed by atoms with E-state index < -0.39 is 0 Å². The van der Waals surface area contributed by atoms with Crippen molar-refractivity contribution in [2.45, 2.75) is 38.9 Å². The van der Waals surface area contributed by atoms with Crippen LogP contribution in [-0.4, -0.2) is 17.4 Å². The van der Waals surface area contributed by atoms with Crippen LogP contribution in [0.2, 0.25) is 5.02 Å². The number of carbonyl (C=O) groups is 1. The average molecular weight is 389 g/mol. The van der Waals surface area contributed by atoms with Gasteiger partial charge in [0.25, 0.3) is 0 Å². The SMILES string of the molecule is C/C(=N/NC(=O)CSCc1ccc(Cl)cc1)c1ccc(C(C)(C)C)cc1. The minimum absolute atomic E-state index is 0.102. The van der Waals surface area contributed by atoms with Gasteiger partial charge in [-0.1, -0.05) is 68.8 Å². The van der Waals surface area contributed by atoms with Gasteiger partial charge in [-0.15, -0.1) is 11.8 Å². The number of halogens is 1. The fraction of sp³-hybridized carbons (Fsp3) is 0.333. The van der Waals surface area contributed by atoms with Crippen LogP contribution in [0.15, 0.2) is 53.6 Å². The van der Waals surface area contributed by atoms with Crippen LogP contribution in [0.1, 0.15) is 44.4 Å². The molecule has 0 unspecified atom stereocenters. The summed E-state index contributed by atoms with van der Waals surface area (Å²) in [5.41, 5.74) is 6.97. The van der Waals surface area contributed by atoms with Crippen LogP contribution in [0.25, 0.3) is 0 Å². The zero-order chi connectivity index (χ0) is 19.2. The monoisotopic (exact) mass is 388 g/mol. The van der Waals surface area contributed by atoms with Gasteiger partial charge in [0, 0.05) is 10.8 Å². The van der Waals surface area contributed by atoms with E-state index in [1.165, 1.54) is 5.56 Å². The maximum Gasteiger partial charge on any atom is 0.250 e. The number of benzene rings is 2. The van der Waals surface area contributed by atoms with Crippen molar-refractivity contribution in [3.05, 3.63) is 70.2 Å². The van der Waals surface area contributed by atoms with E-state index >= 15 is 0 Å². The maximum absolute atomic E-state index is 11.9. The Morgan fingerprint density at radius 3 is 2.27 bits per heavy atom. The lowest BCUT2D eigenvalue weighted by Crippen LogP contribution is -2.21. The minimum Gasteiger partial charge on any atom is -0.272 e. The second-order valence-electron chi connectivity index (χ2n) is 7.18. The Labute approximate surface area is 165 Å². The van der Waals surface area contributed by atoms with Crippen molar-refractivity contribution in [2.75, 3.05) is 5.75 Å². The van der Waals surface area contributed by atoms with Gasteiger partial charge in [-0.25, -0.2) is 5.43 Å². The lowest BCUT2D eigenvalue weighted by molar-refractivity contribution is -0.118. The van der Waals surface area contributed by atoms with E-state index in [2.05, 4.69) is 43.4 Å². The Kier molecular flexibility index (Phi) is 7.30. The van der Waals surface area contributed by atoms with Crippen LogP contribution >= 0.6 is 23.4 Å². The number of hydrogen-bond acceptors (Lipinski definition) is 3. The largest absolute Gasteiger partial charge is 0.272 e. The van der Waals surface area contributed by atoms with Gasteiger partial charge in [0.2, 0.25) is 5.91 Å². The van der Waals surface area contributed by atoms with Crippen LogP contribution in [-0.2, 0) is 16.0 Å². The predicted octanol–water partition coefficient (Wildman–Crippen LogP) is 5.41. The molecule has 0 radical (unpaired) electrons. The summed E-state index contributed by atoms with van der Waals surface area (Å²) in [4.78, 5) is 11.9. The standard InChI is InChI=1S/C21H25ClN2OS/c1-15(17-7-9-18(10-8-17)21(2,3)4)23-24-20(25)14-26-13-16-5-11-19(22)12-6-16/h5-12H,13-14H2,1-4H3,(H,24,25)/b23-15-. The molecule has 2 aromatic carbocycles. The molecule has 0 aliphatic rings. The molecule has 0 aromatic heterocycles. The molecule has 1 N–H and O–H groups in total. The molecular formula is C21H25ClN2OS. The Hall–Kier alpha value is -1.78. The molecule has 0 aliphatic carbocycles. The fourth-order valence-corrected chi connectivity index (χ4v) is 3.20. The molecule has 138 valence electrons. The molecule has 0 saturated heterocycles. The number of nitrogens with zero attached hydrogens (tertiary/aromatic N) is 1. The summed E-state index contributed by atoms with van der Waals surface area (Å²) in [5, 5.41) is 4.93. The first-order chi connectivity index (χ1) is 12.3. The van der Waals surface area contributed by atoms with Crippen LogP contribution in [0, 0.1) is 0 Å². The van der Waals surface area contributed by atoms with E-state index in [0.717, 1.165) is 27.6 Å². The first-order valence-corrected chi connectivity index (χ1v) is 10.1. The minimum atomic E-state index is -0.102. The van der Waals surface area contributed by atoms with Crippen LogP contribution in [0.3, 0.4) is 0 Å². The molecule has 0 aliphatic heterocycles. The quantitative estimate of drug-likeness (QED) is 0.530. The molecule has 2 aromatic rings. The molecule has 0 bridgehead atoms. The van der Waals surface area contributed by atoms with E-state index in [9.17, 15) is 4.79 Å². The maximum atomic E-state index is 11.9. The highest BCUT2D eigenvalue weighted by Crippen LogP contribution is 2.22. The van der Waals surface area contributed by atoms with Crippen LogP contribution in [0.4, 0.5) is 0 Å². The third-order valence-electron chi connectivity index (χ3n) is 3.93. The lowest BCUT2D eigenvalue weighted by Gasteiger charge is -2.19. The highest BCUT2D eigenvalue weighted by molar-refractivity contribution is 7.99. The van der Waals surface area contributed by atoms with Gasteiger partial charge in [0.05, 0.1) is 11.5 Å². The number of thioether (sulfide) groups is 1. The Morgan fingerprint density at radius 2 is 1.69 bits per heavy atom. The third-order valence-corrected chi connectivity index (χ3v) is 5.19. The Bertz CT molecular complexity index is 762. The zero-order valence-electron chi connectivity index (χ0n) is 15.7. The summed E-state index contributed by atoms with van der Waals surface area (Å²) >= 11 is 7.41. The molecule has 0 heterocycles. The molecule has 0 fully saturated rings. The lowest BCUT2D eigenvalue weighted by atomic mass is 9.86. The van der Waals surface area contributed by atoms with Crippen molar-refractivity contribution in [1.82, 2.24) is 5.43 Å². The molecule has 2 rings (SSSR count). The van der Waals surface area contributed by atoms with E-state index in [0.29, 0.717) is 5.75 Å². The average Bonchev–Trinajstić information content (AvgIpc) is 2.61. The van der Waals surface area contributed by atoms with E-state index in [-0.39, 0.29) is 11.3 Å². The van der Waals surface area contributed by atoms with Crippen LogP contribution in [0.5, 0.6) is 0 Å². The summed E-state index contributed by atoms with van der Waals surface area (Å²) in [6.07, 6.45) is 0. The number of rotatable bonds is 6. The first-order valence-electron chi connectivity index (χ1n) is 8.52. The van der Waals surface area contributed by atoms with Gasteiger partial charge in [0.15, 0.2) is 0 Å². The Morgan fingerprint density at radius 1 is 1.08 bits per heavy atom. The van der Waals surface area contributed by atoms with E-state index in [4.69, 9.17) is 11.6 Å². The van der Waals surface area contributed by atoms with Crippen molar-refractivity contribution in [2.24, 2.45) is 5.10 Å². The number of nitrogens with one attached hydrogen (secondary N) is 1. The van der Waals surface area contributed by atoms with Gasteiger partial charge >= 0.3 is 0 Å². The number of hydrogen-bond donors (Lipinski definition) is 1. The summed E-state index contributed by atoms with van der Waals surface area (Å²) in [7, 11) is 0. The predicted molar refractivity (Wildman–Crippen MR) is 113 cm³/mol.